The maximum atomic E-state index is 5.04. The summed E-state index contributed by atoms with van der Waals surface area (Å²) in [6.07, 6.45) is 0.0982. The second-order valence-corrected chi connectivity index (χ2v) is 3.93. The van der Waals surface area contributed by atoms with Gasteiger partial charge in [-0.25, -0.2) is 0 Å². The van der Waals surface area contributed by atoms with Crippen molar-refractivity contribution in [2.45, 2.75) is 32.4 Å². The minimum absolute atomic E-state index is 0.0971. The number of epoxide rings is 1. The van der Waals surface area contributed by atoms with Crippen LogP contribution >= 0.6 is 0 Å². The van der Waals surface area contributed by atoms with Crippen molar-refractivity contribution in [1.82, 2.24) is 20.2 Å². The number of aromatic nitrogens is 4. The van der Waals surface area contributed by atoms with Gasteiger partial charge in [-0.3, -0.25) is 0 Å². The van der Waals surface area contributed by atoms with Crippen molar-refractivity contribution in [3.63, 3.8) is 0 Å². The van der Waals surface area contributed by atoms with Gasteiger partial charge in [0.2, 0.25) is 5.82 Å². The number of nitrogens with zero attached hydrogens (tertiary/aromatic N) is 4. The highest BCUT2D eigenvalue weighted by atomic mass is 16.6. The average Bonchev–Trinajstić information content (AvgIpc) is 2.66. The van der Waals surface area contributed by atoms with Gasteiger partial charge in [0.05, 0.1) is 12.1 Å². The van der Waals surface area contributed by atoms with Crippen LogP contribution in [-0.2, 0) is 10.3 Å². The van der Waals surface area contributed by atoms with Crippen molar-refractivity contribution in [3.8, 4) is 0 Å². The SMILES string of the molecule is CC(C)(C)n1nnc(C2CO2)n1. The lowest BCUT2D eigenvalue weighted by Gasteiger charge is -2.15. The fourth-order valence-corrected chi connectivity index (χ4v) is 0.835. The van der Waals surface area contributed by atoms with Gasteiger partial charge in [-0.1, -0.05) is 0 Å². The van der Waals surface area contributed by atoms with E-state index in [0.29, 0.717) is 5.82 Å². The Balaban J connectivity index is 2.23. The summed E-state index contributed by atoms with van der Waals surface area (Å²) in [5.41, 5.74) is -0.0971. The summed E-state index contributed by atoms with van der Waals surface area (Å²) in [7, 11) is 0. The molecule has 1 fully saturated rings. The molecule has 0 bridgehead atoms. The average molecular weight is 168 g/mol. The maximum Gasteiger partial charge on any atom is 0.205 e. The second-order valence-electron chi connectivity index (χ2n) is 3.93. The molecule has 2 rings (SSSR count). The number of rotatable bonds is 1. The van der Waals surface area contributed by atoms with Gasteiger partial charge < -0.3 is 4.74 Å². The molecule has 0 aliphatic carbocycles. The van der Waals surface area contributed by atoms with E-state index in [2.05, 4.69) is 15.4 Å². The highest BCUT2D eigenvalue weighted by molar-refractivity contribution is 4.92. The predicted molar refractivity (Wildman–Crippen MR) is 41.5 cm³/mol. The van der Waals surface area contributed by atoms with E-state index in [4.69, 9.17) is 4.74 Å². The molecule has 0 amide bonds. The van der Waals surface area contributed by atoms with Crippen LogP contribution in [0.3, 0.4) is 0 Å². The van der Waals surface area contributed by atoms with Crippen molar-refractivity contribution in [3.05, 3.63) is 5.82 Å². The first kappa shape index (κ1) is 7.67. The predicted octanol–water partition coefficient (Wildman–Crippen LogP) is 0.499. The molecule has 0 aromatic carbocycles. The van der Waals surface area contributed by atoms with Crippen LogP contribution in [-0.4, -0.2) is 26.8 Å². The fourth-order valence-electron chi connectivity index (χ4n) is 0.835. The van der Waals surface area contributed by atoms with E-state index in [-0.39, 0.29) is 11.6 Å². The lowest BCUT2D eigenvalue weighted by Crippen LogP contribution is -2.24. The summed E-state index contributed by atoms with van der Waals surface area (Å²) in [6.45, 7) is 6.83. The Morgan fingerprint density at radius 2 is 2.17 bits per heavy atom. The van der Waals surface area contributed by atoms with Gasteiger partial charge in [-0.15, -0.1) is 10.2 Å². The molecule has 0 saturated carbocycles. The van der Waals surface area contributed by atoms with Gasteiger partial charge in [0.1, 0.15) is 6.10 Å². The van der Waals surface area contributed by atoms with Crippen LogP contribution in [0.1, 0.15) is 32.7 Å². The van der Waals surface area contributed by atoms with Crippen LogP contribution in [0.5, 0.6) is 0 Å². The van der Waals surface area contributed by atoms with E-state index >= 15 is 0 Å². The van der Waals surface area contributed by atoms with Gasteiger partial charge in [-0.2, -0.15) is 4.80 Å². The molecule has 1 aliphatic heterocycles. The van der Waals surface area contributed by atoms with Crippen molar-refractivity contribution in [2.24, 2.45) is 0 Å². The van der Waals surface area contributed by atoms with Gasteiger partial charge >= 0.3 is 0 Å². The van der Waals surface area contributed by atoms with Crippen LogP contribution in [0.2, 0.25) is 0 Å². The normalized spacial score (nSPS) is 22.8. The van der Waals surface area contributed by atoms with E-state index in [1.165, 1.54) is 0 Å². The van der Waals surface area contributed by atoms with E-state index in [9.17, 15) is 0 Å². The molecule has 1 aromatic heterocycles. The molecule has 12 heavy (non-hydrogen) atoms. The van der Waals surface area contributed by atoms with Gasteiger partial charge in [-0.05, 0) is 26.0 Å². The smallest absolute Gasteiger partial charge is 0.205 e. The molecule has 0 spiro atoms. The quantitative estimate of drug-likeness (QED) is 0.573. The largest absolute Gasteiger partial charge is 0.364 e. The Hall–Kier alpha value is -0.970. The highest BCUT2D eigenvalue weighted by Gasteiger charge is 2.31. The standard InChI is InChI=1S/C7H12N4O/c1-7(2,3)11-9-6(8-10-11)5-4-12-5/h5H,4H2,1-3H3. The molecule has 0 N–H and O–H groups in total. The Labute approximate surface area is 70.7 Å². The molecule has 0 radical (unpaired) electrons. The van der Waals surface area contributed by atoms with Crippen LogP contribution in [0.25, 0.3) is 0 Å². The number of hydrogen-bond donors (Lipinski definition) is 0. The van der Waals surface area contributed by atoms with Crippen molar-refractivity contribution < 1.29 is 4.74 Å². The van der Waals surface area contributed by atoms with Crippen LogP contribution in [0, 0.1) is 0 Å². The van der Waals surface area contributed by atoms with E-state index in [1.807, 2.05) is 20.8 Å². The van der Waals surface area contributed by atoms with Gasteiger partial charge in [0.15, 0.2) is 0 Å². The summed E-state index contributed by atoms with van der Waals surface area (Å²) < 4.78 is 5.04. The fraction of sp³-hybridized carbons (Fsp3) is 0.857. The van der Waals surface area contributed by atoms with E-state index in [0.717, 1.165) is 6.61 Å². The monoisotopic (exact) mass is 168 g/mol. The Morgan fingerprint density at radius 1 is 1.50 bits per heavy atom. The summed E-state index contributed by atoms with van der Waals surface area (Å²) in [6, 6.07) is 0. The number of tetrazole rings is 1. The Kier molecular flexibility index (Phi) is 1.44. The zero-order valence-electron chi connectivity index (χ0n) is 7.48. The van der Waals surface area contributed by atoms with Crippen LogP contribution < -0.4 is 0 Å². The van der Waals surface area contributed by atoms with Gasteiger partial charge in [0.25, 0.3) is 0 Å². The number of hydrogen-bond acceptors (Lipinski definition) is 4. The highest BCUT2D eigenvalue weighted by Crippen LogP contribution is 2.26. The molecule has 1 unspecified atom stereocenters. The third kappa shape index (κ3) is 1.32. The molecule has 1 atom stereocenters. The number of ether oxygens (including phenoxy) is 1. The van der Waals surface area contributed by atoms with Crippen LogP contribution in [0.4, 0.5) is 0 Å². The maximum absolute atomic E-state index is 5.04. The minimum Gasteiger partial charge on any atom is -0.364 e. The van der Waals surface area contributed by atoms with Crippen molar-refractivity contribution in [2.75, 3.05) is 6.61 Å². The molecule has 5 nitrogen and oxygen atoms in total. The Morgan fingerprint density at radius 3 is 2.58 bits per heavy atom. The zero-order valence-corrected chi connectivity index (χ0v) is 7.48. The lowest BCUT2D eigenvalue weighted by molar-refractivity contribution is 0.304. The van der Waals surface area contributed by atoms with Crippen molar-refractivity contribution in [1.29, 1.82) is 0 Å². The molecular weight excluding hydrogens is 156 g/mol. The Bertz CT molecular complexity index is 284. The van der Waals surface area contributed by atoms with Gasteiger partial charge in [0, 0.05) is 0 Å². The van der Waals surface area contributed by atoms with Crippen LogP contribution in [0.15, 0.2) is 0 Å². The first-order chi connectivity index (χ1) is 5.57. The second kappa shape index (κ2) is 2.26. The van der Waals surface area contributed by atoms with E-state index in [1.54, 1.807) is 4.80 Å². The summed E-state index contributed by atoms with van der Waals surface area (Å²) in [4.78, 5) is 1.62. The summed E-state index contributed by atoms with van der Waals surface area (Å²) in [5, 5.41) is 12.1. The summed E-state index contributed by atoms with van der Waals surface area (Å²) in [5.74, 6) is 0.699. The lowest BCUT2D eigenvalue weighted by atomic mass is 10.1. The summed E-state index contributed by atoms with van der Waals surface area (Å²) >= 11 is 0. The minimum atomic E-state index is -0.0971. The molecule has 1 aromatic rings. The first-order valence-corrected chi connectivity index (χ1v) is 3.99. The zero-order chi connectivity index (χ0) is 8.77. The third-order valence-corrected chi connectivity index (χ3v) is 1.65. The molecule has 66 valence electrons. The topological polar surface area (TPSA) is 56.1 Å². The third-order valence-electron chi connectivity index (χ3n) is 1.65. The molecular formula is C7H12N4O. The van der Waals surface area contributed by atoms with Crippen molar-refractivity contribution >= 4 is 0 Å². The van der Waals surface area contributed by atoms with E-state index < -0.39 is 0 Å². The first-order valence-electron chi connectivity index (χ1n) is 3.99. The molecule has 2 heterocycles. The molecule has 1 saturated heterocycles. The molecule has 1 aliphatic rings. The molecule has 5 heteroatoms.